The number of rotatable bonds is 6. The number of imidazole rings is 1. The number of thiazole rings is 1. The SMILES string of the molecule is COc1cc(Cl)ccc1-c1nc(C)c(CC(=O)OCc2ccc3c(c2)nc2n3CCC2)s1. The third kappa shape index (κ3) is 3.98. The average molecular weight is 468 g/mol. The zero-order valence-corrected chi connectivity index (χ0v) is 19.4. The van der Waals surface area contributed by atoms with Gasteiger partial charge in [-0.15, -0.1) is 11.3 Å². The Bertz CT molecular complexity index is 1330. The highest BCUT2D eigenvalue weighted by Crippen LogP contribution is 2.36. The van der Waals surface area contributed by atoms with Gasteiger partial charge in [-0.3, -0.25) is 4.79 Å². The zero-order chi connectivity index (χ0) is 22.2. The largest absolute Gasteiger partial charge is 0.496 e. The highest BCUT2D eigenvalue weighted by molar-refractivity contribution is 7.15. The molecule has 0 unspecified atom stereocenters. The molecule has 6 nitrogen and oxygen atoms in total. The second-order valence-corrected chi connectivity index (χ2v) is 9.34. The van der Waals surface area contributed by atoms with Crippen molar-refractivity contribution in [3.63, 3.8) is 0 Å². The molecule has 0 spiro atoms. The van der Waals surface area contributed by atoms with Crippen molar-refractivity contribution >= 4 is 39.9 Å². The van der Waals surface area contributed by atoms with Gasteiger partial charge in [-0.05, 0) is 49.2 Å². The number of carbonyl (C=O) groups is 1. The molecule has 3 heterocycles. The number of benzene rings is 2. The number of halogens is 1. The maximum atomic E-state index is 12.5. The van der Waals surface area contributed by atoms with Gasteiger partial charge in [0.1, 0.15) is 23.2 Å². The summed E-state index contributed by atoms with van der Waals surface area (Å²) in [5, 5.41) is 1.39. The van der Waals surface area contributed by atoms with Gasteiger partial charge in [-0.2, -0.15) is 0 Å². The van der Waals surface area contributed by atoms with Gasteiger partial charge in [0.15, 0.2) is 0 Å². The molecule has 0 amide bonds. The summed E-state index contributed by atoms with van der Waals surface area (Å²) >= 11 is 7.53. The molecule has 0 fully saturated rings. The van der Waals surface area contributed by atoms with E-state index in [-0.39, 0.29) is 19.0 Å². The van der Waals surface area contributed by atoms with E-state index in [9.17, 15) is 4.79 Å². The van der Waals surface area contributed by atoms with Crippen molar-refractivity contribution in [2.24, 2.45) is 0 Å². The highest BCUT2D eigenvalue weighted by atomic mass is 35.5. The molecular weight excluding hydrogens is 446 g/mol. The van der Waals surface area contributed by atoms with Crippen LogP contribution in [0.2, 0.25) is 5.02 Å². The topological polar surface area (TPSA) is 66.2 Å². The molecule has 1 aliphatic heterocycles. The van der Waals surface area contributed by atoms with E-state index >= 15 is 0 Å². The van der Waals surface area contributed by atoms with Crippen LogP contribution in [0.1, 0.15) is 28.4 Å². The zero-order valence-electron chi connectivity index (χ0n) is 17.9. The van der Waals surface area contributed by atoms with Crippen molar-refractivity contribution in [2.75, 3.05) is 7.11 Å². The summed E-state index contributed by atoms with van der Waals surface area (Å²) in [6.45, 7) is 3.15. The smallest absolute Gasteiger partial charge is 0.311 e. The van der Waals surface area contributed by atoms with Gasteiger partial charge in [0, 0.05) is 22.9 Å². The minimum atomic E-state index is -0.279. The first-order valence-electron chi connectivity index (χ1n) is 10.5. The van der Waals surface area contributed by atoms with Gasteiger partial charge >= 0.3 is 5.97 Å². The first-order valence-corrected chi connectivity index (χ1v) is 11.6. The van der Waals surface area contributed by atoms with Crippen molar-refractivity contribution in [1.82, 2.24) is 14.5 Å². The first kappa shape index (κ1) is 21.0. The summed E-state index contributed by atoms with van der Waals surface area (Å²) in [6.07, 6.45) is 2.36. The second kappa shape index (κ2) is 8.56. The number of ether oxygens (including phenoxy) is 2. The fraction of sp³-hybridized carbons (Fsp3) is 0.292. The third-order valence-corrected chi connectivity index (χ3v) is 7.09. The molecule has 0 aliphatic carbocycles. The van der Waals surface area contributed by atoms with Crippen LogP contribution in [-0.2, 0) is 35.5 Å². The molecular formula is C24H22ClN3O3S. The van der Waals surface area contributed by atoms with Crippen LogP contribution < -0.4 is 4.74 Å². The monoisotopic (exact) mass is 467 g/mol. The van der Waals surface area contributed by atoms with E-state index in [2.05, 4.69) is 15.6 Å². The summed E-state index contributed by atoms with van der Waals surface area (Å²) in [6, 6.07) is 11.5. The lowest BCUT2D eigenvalue weighted by Gasteiger charge is -2.06. The van der Waals surface area contributed by atoms with Crippen LogP contribution in [0.25, 0.3) is 21.6 Å². The van der Waals surface area contributed by atoms with Gasteiger partial charge in [-0.1, -0.05) is 17.7 Å². The van der Waals surface area contributed by atoms with Gasteiger partial charge in [0.25, 0.3) is 0 Å². The Morgan fingerprint density at radius 1 is 1.22 bits per heavy atom. The van der Waals surface area contributed by atoms with Crippen molar-refractivity contribution in [3.8, 4) is 16.3 Å². The standard InChI is InChI=1S/C24H22ClN3O3S/c1-14-21(32-24(26-14)17-7-6-16(25)11-20(17)30-2)12-23(29)31-13-15-5-8-19-18(10-15)27-22-4-3-9-28(19)22/h5-8,10-11H,3-4,9,12-13H2,1-2H3. The number of fused-ring (bicyclic) bond motifs is 3. The second-order valence-electron chi connectivity index (χ2n) is 7.82. The van der Waals surface area contributed by atoms with Crippen LogP contribution in [0.3, 0.4) is 0 Å². The number of hydrogen-bond acceptors (Lipinski definition) is 6. The molecule has 5 rings (SSSR count). The average Bonchev–Trinajstić information content (AvgIpc) is 3.47. The molecule has 0 saturated carbocycles. The van der Waals surface area contributed by atoms with E-state index in [1.54, 1.807) is 19.2 Å². The van der Waals surface area contributed by atoms with Gasteiger partial charge in [0.2, 0.25) is 0 Å². The van der Waals surface area contributed by atoms with E-state index in [4.69, 9.17) is 26.1 Å². The lowest BCUT2D eigenvalue weighted by molar-refractivity contribution is -0.144. The highest BCUT2D eigenvalue weighted by Gasteiger charge is 2.18. The number of aromatic nitrogens is 3. The van der Waals surface area contributed by atoms with Crippen LogP contribution in [0.5, 0.6) is 5.75 Å². The Morgan fingerprint density at radius 2 is 2.09 bits per heavy atom. The fourth-order valence-electron chi connectivity index (χ4n) is 4.05. The summed E-state index contributed by atoms with van der Waals surface area (Å²) in [5.74, 6) is 1.52. The summed E-state index contributed by atoms with van der Waals surface area (Å²) in [7, 11) is 1.60. The van der Waals surface area contributed by atoms with E-state index < -0.39 is 0 Å². The molecule has 32 heavy (non-hydrogen) atoms. The third-order valence-electron chi connectivity index (χ3n) is 5.67. The van der Waals surface area contributed by atoms with Gasteiger partial charge in [-0.25, -0.2) is 9.97 Å². The Hall–Kier alpha value is -2.90. The van der Waals surface area contributed by atoms with Crippen molar-refractivity contribution < 1.29 is 14.3 Å². The van der Waals surface area contributed by atoms with Crippen LogP contribution in [0.4, 0.5) is 0 Å². The fourth-order valence-corrected chi connectivity index (χ4v) is 5.29. The predicted molar refractivity (Wildman–Crippen MR) is 125 cm³/mol. The molecule has 0 radical (unpaired) electrons. The predicted octanol–water partition coefficient (Wildman–Crippen LogP) is 5.36. The molecule has 0 saturated heterocycles. The molecule has 1 aliphatic rings. The number of esters is 1. The first-order chi connectivity index (χ1) is 15.5. The van der Waals surface area contributed by atoms with E-state index in [1.165, 1.54) is 11.3 Å². The molecule has 0 bridgehead atoms. The van der Waals surface area contributed by atoms with Crippen molar-refractivity contribution in [3.05, 3.63) is 63.4 Å². The molecule has 8 heteroatoms. The van der Waals surface area contributed by atoms with E-state index in [0.717, 1.165) is 62.9 Å². The molecule has 4 aromatic rings. The van der Waals surface area contributed by atoms with Crippen LogP contribution in [-0.4, -0.2) is 27.6 Å². The Kier molecular flexibility index (Phi) is 5.61. The van der Waals surface area contributed by atoms with Gasteiger partial charge in [0.05, 0.1) is 35.8 Å². The normalized spacial score (nSPS) is 12.8. The summed E-state index contributed by atoms with van der Waals surface area (Å²) < 4.78 is 13.3. The minimum Gasteiger partial charge on any atom is -0.496 e. The molecule has 2 aromatic heterocycles. The summed E-state index contributed by atoms with van der Waals surface area (Å²) in [5.41, 5.74) is 4.72. The number of aryl methyl sites for hydroxylation is 3. The van der Waals surface area contributed by atoms with Crippen LogP contribution in [0, 0.1) is 6.92 Å². The van der Waals surface area contributed by atoms with Gasteiger partial charge < -0.3 is 14.0 Å². The lowest BCUT2D eigenvalue weighted by Crippen LogP contribution is -2.07. The minimum absolute atomic E-state index is 0.181. The Morgan fingerprint density at radius 3 is 2.94 bits per heavy atom. The molecule has 164 valence electrons. The van der Waals surface area contributed by atoms with E-state index in [0.29, 0.717) is 10.8 Å². The van der Waals surface area contributed by atoms with Crippen LogP contribution >= 0.6 is 22.9 Å². The maximum Gasteiger partial charge on any atom is 0.311 e. The van der Waals surface area contributed by atoms with Crippen molar-refractivity contribution in [1.29, 1.82) is 0 Å². The number of hydrogen-bond donors (Lipinski definition) is 0. The Balaban J connectivity index is 1.26. The number of methoxy groups -OCH3 is 1. The van der Waals surface area contributed by atoms with Crippen LogP contribution in [0.15, 0.2) is 36.4 Å². The number of carbonyl (C=O) groups excluding carboxylic acids is 1. The molecule has 0 N–H and O–H groups in total. The Labute approximate surface area is 194 Å². The number of nitrogens with zero attached hydrogens (tertiary/aromatic N) is 3. The molecule has 0 atom stereocenters. The summed E-state index contributed by atoms with van der Waals surface area (Å²) in [4.78, 5) is 22.7. The van der Waals surface area contributed by atoms with Crippen molar-refractivity contribution in [2.45, 2.75) is 39.3 Å². The quantitative estimate of drug-likeness (QED) is 0.357. The maximum absolute atomic E-state index is 12.5. The molecule has 2 aromatic carbocycles. The van der Waals surface area contributed by atoms with E-state index in [1.807, 2.05) is 25.1 Å². The lowest BCUT2D eigenvalue weighted by atomic mass is 10.2.